The number of carbonyl (C=O) groups is 2. The highest BCUT2D eigenvalue weighted by Gasteiger charge is 2.24. The molecule has 0 radical (unpaired) electrons. The number of hydrogen-bond acceptors (Lipinski definition) is 11. The van der Waals surface area contributed by atoms with Crippen LogP contribution in [0.25, 0.3) is 33.4 Å². The number of aromatic carboxylic acids is 1. The number of unbranched alkanes of at least 4 members (excludes halogenated alkanes) is 2. The molecule has 1 aliphatic carbocycles. The van der Waals surface area contributed by atoms with Gasteiger partial charge in [0.1, 0.15) is 23.8 Å². The summed E-state index contributed by atoms with van der Waals surface area (Å²) in [5, 5.41) is 33.0. The van der Waals surface area contributed by atoms with E-state index in [1.54, 1.807) is 30.3 Å². The van der Waals surface area contributed by atoms with Crippen molar-refractivity contribution >= 4 is 42.0 Å². The number of hydrogen-bond donors (Lipinski definition) is 6. The number of phenolic OH excluding ortho intramolecular Hbond substituents is 1. The van der Waals surface area contributed by atoms with Gasteiger partial charge < -0.3 is 40.6 Å². The zero-order valence-electron chi connectivity index (χ0n) is 26.8. The molecule has 3 aromatic carbocycles. The molecule has 262 valence electrons. The van der Waals surface area contributed by atoms with Crippen molar-refractivity contribution in [2.45, 2.75) is 19.3 Å². The van der Waals surface area contributed by atoms with Crippen molar-refractivity contribution < 1.29 is 47.8 Å². The Bertz CT molecular complexity index is 2070. The number of anilines is 2. The van der Waals surface area contributed by atoms with E-state index in [-0.39, 0.29) is 72.2 Å². The summed E-state index contributed by atoms with van der Waals surface area (Å²) in [6, 6.07) is 19.5. The van der Waals surface area contributed by atoms with Crippen molar-refractivity contribution in [2.24, 2.45) is 0 Å². The second-order valence-electron chi connectivity index (χ2n) is 11.3. The molecule has 1 heterocycles. The maximum absolute atomic E-state index is 13.1. The van der Waals surface area contributed by atoms with Gasteiger partial charge in [-0.15, -0.1) is 0 Å². The topological polar surface area (TPSA) is 222 Å². The van der Waals surface area contributed by atoms with Crippen LogP contribution < -0.4 is 21.4 Å². The van der Waals surface area contributed by atoms with Gasteiger partial charge in [-0.1, -0.05) is 0 Å². The van der Waals surface area contributed by atoms with Gasteiger partial charge in [0, 0.05) is 58.7 Å². The van der Waals surface area contributed by atoms with Crippen LogP contribution in [0.3, 0.4) is 0 Å². The summed E-state index contributed by atoms with van der Waals surface area (Å²) in [5.41, 5.74) is 8.03. The van der Waals surface area contributed by atoms with E-state index in [1.165, 1.54) is 53.4 Å². The highest BCUT2D eigenvalue weighted by atomic mass is 31.2. The molecule has 1 aliphatic heterocycles. The number of amides is 1. The Labute approximate surface area is 286 Å². The largest absolute Gasteiger partial charge is 0.508 e. The maximum Gasteiger partial charge on any atom is 0.472 e. The van der Waals surface area contributed by atoms with Crippen LogP contribution in [0.2, 0.25) is 0 Å². The van der Waals surface area contributed by atoms with Crippen LogP contribution in [0.5, 0.6) is 5.75 Å². The van der Waals surface area contributed by atoms with Gasteiger partial charge in [-0.05, 0) is 91.6 Å². The van der Waals surface area contributed by atoms with E-state index in [4.69, 9.17) is 19.2 Å². The van der Waals surface area contributed by atoms with Gasteiger partial charge in [-0.25, -0.2) is 9.36 Å². The van der Waals surface area contributed by atoms with E-state index >= 15 is 0 Å². The number of phosphoric ester groups is 1. The lowest BCUT2D eigenvalue weighted by atomic mass is 9.89. The van der Waals surface area contributed by atoms with Crippen molar-refractivity contribution in [3.63, 3.8) is 0 Å². The van der Waals surface area contributed by atoms with Crippen molar-refractivity contribution in [3.8, 4) is 28.2 Å². The van der Waals surface area contributed by atoms with Crippen LogP contribution in [0.4, 0.5) is 11.4 Å². The highest BCUT2D eigenvalue weighted by molar-refractivity contribution is 7.47. The number of nitrogens with zero attached hydrogens (tertiary/aromatic N) is 1. The Kier molecular flexibility index (Phi) is 11.5. The first kappa shape index (κ1) is 36.1. The number of aliphatic hydroxyl groups excluding tert-OH is 1. The van der Waals surface area contributed by atoms with Gasteiger partial charge in [-0.3, -0.25) is 18.6 Å². The molecule has 5 rings (SSSR count). The summed E-state index contributed by atoms with van der Waals surface area (Å²) in [7, 11) is -4.32. The van der Waals surface area contributed by atoms with Crippen LogP contribution in [0.15, 0.2) is 88.1 Å². The van der Waals surface area contributed by atoms with E-state index in [0.717, 1.165) is 0 Å². The molecule has 0 aromatic heterocycles. The summed E-state index contributed by atoms with van der Waals surface area (Å²) < 4.78 is 28.2. The molecule has 14 nitrogen and oxygen atoms in total. The number of phenols is 1. The first-order valence-corrected chi connectivity index (χ1v) is 17.1. The van der Waals surface area contributed by atoms with Gasteiger partial charge in [0.15, 0.2) is 5.43 Å². The lowest BCUT2D eigenvalue weighted by molar-refractivity contribution is 0.0697. The third-order valence-electron chi connectivity index (χ3n) is 7.86. The maximum atomic E-state index is 13.1. The van der Waals surface area contributed by atoms with E-state index in [9.17, 15) is 39.2 Å². The number of phosphoric acid groups is 1. The molecule has 7 N–H and O–H groups in total. The molecular weight excluding hydrogens is 669 g/mol. The van der Waals surface area contributed by atoms with Crippen molar-refractivity contribution in [1.82, 2.24) is 5.32 Å². The standard InChI is InChI=1S/C35H36N3O11P/c36-23-5-7-24(8-6-23)38(21-39)15-17-48-50(45,46)47-16-3-1-2-14-37-34(42)22-4-11-27(35(43)44)30(18-22)33-28-12-9-25(40)19-31(28)49-32-20-26(41)10-13-29(32)33/h4-13,18-20,39-40H,1-3,14-17,21,36H2,(H,37,42)(H,43,44)(H,45,46). The molecule has 1 unspecified atom stereocenters. The molecule has 1 atom stereocenters. The van der Waals surface area contributed by atoms with E-state index in [2.05, 4.69) is 5.32 Å². The van der Waals surface area contributed by atoms with Crippen molar-refractivity contribution in [2.75, 3.05) is 43.7 Å². The van der Waals surface area contributed by atoms with Gasteiger partial charge in [0.2, 0.25) is 0 Å². The fourth-order valence-corrected chi connectivity index (χ4v) is 6.13. The molecule has 2 aliphatic rings. The predicted octanol–water partition coefficient (Wildman–Crippen LogP) is 5.04. The molecule has 0 spiro atoms. The van der Waals surface area contributed by atoms with Crippen LogP contribution in [0, 0.1) is 0 Å². The Morgan fingerprint density at radius 2 is 1.66 bits per heavy atom. The summed E-state index contributed by atoms with van der Waals surface area (Å²) in [4.78, 5) is 49.1. The number of carboxylic acids is 1. The number of nitrogen functional groups attached to an aromatic ring is 1. The Balaban J connectivity index is 1.16. The zero-order chi connectivity index (χ0) is 35.8. The highest BCUT2D eigenvalue weighted by Crippen LogP contribution is 2.44. The lowest BCUT2D eigenvalue weighted by Gasteiger charge is -2.22. The van der Waals surface area contributed by atoms with E-state index in [1.807, 2.05) is 0 Å². The van der Waals surface area contributed by atoms with Crippen LogP contribution >= 0.6 is 7.82 Å². The minimum atomic E-state index is -4.32. The molecule has 0 bridgehead atoms. The first-order chi connectivity index (χ1) is 24.0. The van der Waals surface area contributed by atoms with Gasteiger partial charge in [0.25, 0.3) is 5.91 Å². The average Bonchev–Trinajstić information content (AvgIpc) is 3.08. The molecule has 50 heavy (non-hydrogen) atoms. The first-order valence-electron chi connectivity index (χ1n) is 15.6. The molecular formula is C35H36N3O11P. The molecule has 3 aromatic rings. The summed E-state index contributed by atoms with van der Waals surface area (Å²) in [6.45, 7) is -0.151. The minimum absolute atomic E-state index is 0.0553. The van der Waals surface area contributed by atoms with Gasteiger partial charge in [0.05, 0.1) is 18.8 Å². The average molecular weight is 706 g/mol. The summed E-state index contributed by atoms with van der Waals surface area (Å²) in [5.74, 6) is -1.57. The lowest BCUT2D eigenvalue weighted by Crippen LogP contribution is -2.28. The fourth-order valence-electron chi connectivity index (χ4n) is 5.39. The van der Waals surface area contributed by atoms with Gasteiger partial charge >= 0.3 is 13.8 Å². The normalized spacial score (nSPS) is 12.5. The second kappa shape index (κ2) is 16.0. The van der Waals surface area contributed by atoms with Crippen LogP contribution in [-0.2, 0) is 13.6 Å². The molecule has 0 saturated carbocycles. The molecule has 0 fully saturated rings. The molecule has 0 saturated heterocycles. The SMILES string of the molecule is Nc1ccc(N(CO)CCOP(=O)(O)OCCCCCNC(=O)c2ccc(C(=O)O)c(-c3c4ccc(=O)cc-4oc4cc(O)ccc34)c2)cc1. The third kappa shape index (κ3) is 8.86. The molecule has 15 heteroatoms. The minimum Gasteiger partial charge on any atom is -0.508 e. The number of carboxylic acid groups (broad SMARTS) is 1. The number of rotatable bonds is 16. The number of aliphatic hydroxyl groups is 1. The number of nitrogens with one attached hydrogen (secondary N) is 1. The number of nitrogens with two attached hydrogens (primary N) is 1. The van der Waals surface area contributed by atoms with Gasteiger partial charge in [-0.2, -0.15) is 0 Å². The van der Waals surface area contributed by atoms with E-state index < -0.39 is 19.7 Å². The van der Waals surface area contributed by atoms with Crippen LogP contribution in [-0.4, -0.2) is 65.1 Å². The summed E-state index contributed by atoms with van der Waals surface area (Å²) >= 11 is 0. The zero-order valence-corrected chi connectivity index (χ0v) is 27.7. The second-order valence-corrected chi connectivity index (χ2v) is 12.8. The quantitative estimate of drug-likeness (QED) is 0.0261. The number of benzene rings is 4. The van der Waals surface area contributed by atoms with Crippen molar-refractivity contribution in [3.05, 3.63) is 100 Å². The Hall–Kier alpha value is -5.24. The third-order valence-corrected chi connectivity index (χ3v) is 8.88. The summed E-state index contributed by atoms with van der Waals surface area (Å²) in [6.07, 6.45) is 1.49. The number of carbonyl (C=O) groups excluding carboxylic acids is 1. The number of aromatic hydroxyl groups is 1. The van der Waals surface area contributed by atoms with Crippen molar-refractivity contribution in [1.29, 1.82) is 0 Å². The Morgan fingerprint density at radius 1 is 0.900 bits per heavy atom. The fraction of sp³-hybridized carbons (Fsp3) is 0.229. The van der Waals surface area contributed by atoms with E-state index in [0.29, 0.717) is 47.2 Å². The Morgan fingerprint density at radius 3 is 2.40 bits per heavy atom. The number of fused-ring (bicyclic) bond motifs is 2. The predicted molar refractivity (Wildman–Crippen MR) is 186 cm³/mol. The molecule has 1 amide bonds. The van der Waals surface area contributed by atoms with Crippen LogP contribution in [0.1, 0.15) is 40.0 Å². The monoisotopic (exact) mass is 705 g/mol. The smallest absolute Gasteiger partial charge is 0.472 e.